The van der Waals surface area contributed by atoms with E-state index in [4.69, 9.17) is 5.11 Å². The zero-order valence-electron chi connectivity index (χ0n) is 9.60. The molecule has 2 aromatic rings. The van der Waals surface area contributed by atoms with Crippen molar-refractivity contribution in [3.63, 3.8) is 0 Å². The van der Waals surface area contributed by atoms with Crippen LogP contribution >= 0.6 is 11.3 Å². The molecule has 0 saturated carbocycles. The van der Waals surface area contributed by atoms with Crippen LogP contribution in [0.4, 0.5) is 5.82 Å². The van der Waals surface area contributed by atoms with Crippen LogP contribution in [0, 0.1) is 6.92 Å². The Hall–Kier alpha value is -1.69. The van der Waals surface area contributed by atoms with E-state index in [1.165, 1.54) is 6.33 Å². The molecule has 0 bridgehead atoms. The maximum Gasteiger partial charge on any atom is 0.305 e. The van der Waals surface area contributed by atoms with Gasteiger partial charge in [0.2, 0.25) is 0 Å². The molecule has 6 heteroatoms. The summed E-state index contributed by atoms with van der Waals surface area (Å²) in [4.78, 5) is 19.0. The molecule has 2 aromatic heterocycles. The van der Waals surface area contributed by atoms with Crippen molar-refractivity contribution in [1.29, 1.82) is 0 Å². The minimum atomic E-state index is -0.822. The van der Waals surface area contributed by atoms with Gasteiger partial charge in [-0.25, -0.2) is 9.97 Å². The molecule has 1 atom stereocenters. The third kappa shape index (κ3) is 2.52. The molecule has 1 unspecified atom stereocenters. The quantitative estimate of drug-likeness (QED) is 0.871. The van der Waals surface area contributed by atoms with Crippen LogP contribution in [-0.4, -0.2) is 27.1 Å². The molecule has 2 N–H and O–H groups in total. The van der Waals surface area contributed by atoms with Crippen LogP contribution in [0.5, 0.6) is 0 Å². The Bertz CT molecular complexity index is 553. The zero-order valence-corrected chi connectivity index (χ0v) is 10.4. The fourth-order valence-electron chi connectivity index (χ4n) is 1.62. The van der Waals surface area contributed by atoms with Crippen LogP contribution in [-0.2, 0) is 4.79 Å². The number of hydrogen-bond donors (Lipinski definition) is 2. The molecule has 0 fully saturated rings. The largest absolute Gasteiger partial charge is 0.481 e. The van der Waals surface area contributed by atoms with Gasteiger partial charge < -0.3 is 10.4 Å². The van der Waals surface area contributed by atoms with Gasteiger partial charge in [-0.1, -0.05) is 0 Å². The Kier molecular flexibility index (Phi) is 3.23. The average molecular weight is 251 g/mol. The Morgan fingerprint density at radius 1 is 1.59 bits per heavy atom. The van der Waals surface area contributed by atoms with Gasteiger partial charge >= 0.3 is 5.97 Å². The summed E-state index contributed by atoms with van der Waals surface area (Å²) < 4.78 is 0.974. The smallest absolute Gasteiger partial charge is 0.305 e. The monoisotopic (exact) mass is 251 g/mol. The summed E-state index contributed by atoms with van der Waals surface area (Å²) in [5.41, 5.74) is 2.04. The molecular weight excluding hydrogens is 238 g/mol. The second kappa shape index (κ2) is 4.67. The number of anilines is 1. The molecule has 0 saturated heterocycles. The van der Waals surface area contributed by atoms with Crippen molar-refractivity contribution in [3.8, 4) is 0 Å². The molecule has 0 aromatic carbocycles. The second-order valence-electron chi connectivity index (χ2n) is 3.96. The molecular formula is C11H13N3O2S. The lowest BCUT2D eigenvalue weighted by Crippen LogP contribution is -2.20. The average Bonchev–Trinajstić information content (AvgIpc) is 2.61. The Labute approximate surface area is 103 Å². The topological polar surface area (TPSA) is 75.1 Å². The first-order valence-electron chi connectivity index (χ1n) is 5.25. The van der Waals surface area contributed by atoms with Gasteiger partial charge in [-0.2, -0.15) is 0 Å². The number of carbonyl (C=O) groups is 1. The van der Waals surface area contributed by atoms with Gasteiger partial charge in [-0.15, -0.1) is 11.3 Å². The normalized spacial score (nSPS) is 12.6. The number of aliphatic carboxylic acids is 1. The summed E-state index contributed by atoms with van der Waals surface area (Å²) in [6, 6.07) is -0.159. The van der Waals surface area contributed by atoms with E-state index in [1.54, 1.807) is 11.3 Å². The molecule has 17 heavy (non-hydrogen) atoms. The number of carboxylic acid groups (broad SMARTS) is 1. The number of carboxylic acids is 1. The molecule has 0 amide bonds. The second-order valence-corrected chi connectivity index (χ2v) is 4.84. The van der Waals surface area contributed by atoms with Gasteiger partial charge in [0.15, 0.2) is 0 Å². The maximum atomic E-state index is 10.6. The van der Waals surface area contributed by atoms with Gasteiger partial charge in [0.1, 0.15) is 12.1 Å². The molecule has 0 spiro atoms. The van der Waals surface area contributed by atoms with Gasteiger partial charge in [0.05, 0.1) is 16.6 Å². The number of aromatic nitrogens is 2. The lowest BCUT2D eigenvalue weighted by atomic mass is 10.2. The first-order chi connectivity index (χ1) is 8.08. The Balaban J connectivity index is 2.27. The van der Waals surface area contributed by atoms with Gasteiger partial charge in [0, 0.05) is 6.04 Å². The molecule has 2 rings (SSSR count). The number of rotatable bonds is 4. The third-order valence-electron chi connectivity index (χ3n) is 2.39. The Morgan fingerprint density at radius 2 is 2.35 bits per heavy atom. The van der Waals surface area contributed by atoms with Crippen molar-refractivity contribution >= 4 is 33.3 Å². The molecule has 90 valence electrons. The number of nitrogens with zero attached hydrogens (tertiary/aromatic N) is 2. The number of hydrogen-bond acceptors (Lipinski definition) is 5. The van der Waals surface area contributed by atoms with E-state index in [1.807, 2.05) is 19.2 Å². The number of thiophene rings is 1. The van der Waals surface area contributed by atoms with Crippen LogP contribution in [0.1, 0.15) is 18.9 Å². The van der Waals surface area contributed by atoms with E-state index >= 15 is 0 Å². The first kappa shape index (κ1) is 11.8. The molecule has 5 nitrogen and oxygen atoms in total. The van der Waals surface area contributed by atoms with Crippen LogP contribution in [0.25, 0.3) is 10.2 Å². The van der Waals surface area contributed by atoms with E-state index in [9.17, 15) is 4.79 Å². The highest BCUT2D eigenvalue weighted by atomic mass is 32.1. The van der Waals surface area contributed by atoms with Crippen molar-refractivity contribution in [2.45, 2.75) is 26.3 Å². The van der Waals surface area contributed by atoms with Gasteiger partial charge in [-0.3, -0.25) is 4.79 Å². The third-order valence-corrected chi connectivity index (χ3v) is 3.49. The van der Waals surface area contributed by atoms with Crippen molar-refractivity contribution in [1.82, 2.24) is 9.97 Å². The maximum absolute atomic E-state index is 10.6. The summed E-state index contributed by atoms with van der Waals surface area (Å²) in [5.74, 6) is -0.112. The first-order valence-corrected chi connectivity index (χ1v) is 6.13. The summed E-state index contributed by atoms with van der Waals surface area (Å²) >= 11 is 1.57. The molecule has 0 aliphatic carbocycles. The predicted octanol–water partition coefficient (Wildman–Crippen LogP) is 2.27. The van der Waals surface area contributed by atoms with Gasteiger partial charge in [-0.05, 0) is 24.8 Å². The molecule has 0 aliphatic rings. The lowest BCUT2D eigenvalue weighted by Gasteiger charge is -2.12. The fraction of sp³-hybridized carbons (Fsp3) is 0.364. The Morgan fingerprint density at radius 3 is 3.06 bits per heavy atom. The van der Waals surface area contributed by atoms with E-state index < -0.39 is 5.97 Å². The summed E-state index contributed by atoms with van der Waals surface area (Å²) in [7, 11) is 0. The van der Waals surface area contributed by atoms with Crippen LogP contribution < -0.4 is 5.32 Å². The molecule has 0 aliphatic heterocycles. The van der Waals surface area contributed by atoms with Crippen LogP contribution in [0.2, 0.25) is 0 Å². The van der Waals surface area contributed by atoms with E-state index in [2.05, 4.69) is 15.3 Å². The SMILES string of the molecule is Cc1csc2c(NC(C)CC(=O)O)ncnc12. The number of fused-ring (bicyclic) bond motifs is 1. The highest BCUT2D eigenvalue weighted by molar-refractivity contribution is 7.18. The van der Waals surface area contributed by atoms with Gasteiger partial charge in [0.25, 0.3) is 0 Å². The summed E-state index contributed by atoms with van der Waals surface area (Å²) in [5, 5.41) is 13.8. The van der Waals surface area contributed by atoms with Crippen molar-refractivity contribution in [3.05, 3.63) is 17.3 Å². The van der Waals surface area contributed by atoms with Crippen molar-refractivity contribution < 1.29 is 9.90 Å². The number of aryl methyl sites for hydroxylation is 1. The van der Waals surface area contributed by atoms with E-state index in [0.717, 1.165) is 15.8 Å². The predicted molar refractivity (Wildman–Crippen MR) is 67.5 cm³/mol. The van der Waals surface area contributed by atoms with E-state index in [-0.39, 0.29) is 12.5 Å². The highest BCUT2D eigenvalue weighted by Gasteiger charge is 2.12. The molecule has 0 radical (unpaired) electrons. The summed E-state index contributed by atoms with van der Waals surface area (Å²) in [6.45, 7) is 3.82. The molecule has 2 heterocycles. The van der Waals surface area contributed by atoms with Crippen LogP contribution in [0.15, 0.2) is 11.7 Å². The van der Waals surface area contributed by atoms with Crippen LogP contribution in [0.3, 0.4) is 0 Å². The fourth-order valence-corrected chi connectivity index (χ4v) is 2.57. The van der Waals surface area contributed by atoms with Crippen molar-refractivity contribution in [2.24, 2.45) is 0 Å². The van der Waals surface area contributed by atoms with E-state index in [0.29, 0.717) is 5.82 Å². The highest BCUT2D eigenvalue weighted by Crippen LogP contribution is 2.28. The minimum absolute atomic E-state index is 0.0653. The van der Waals surface area contributed by atoms with Crippen molar-refractivity contribution in [2.75, 3.05) is 5.32 Å². The minimum Gasteiger partial charge on any atom is -0.481 e. The number of nitrogens with one attached hydrogen (secondary N) is 1. The summed E-state index contributed by atoms with van der Waals surface area (Å²) in [6.07, 6.45) is 1.56. The lowest BCUT2D eigenvalue weighted by molar-refractivity contribution is -0.137. The standard InChI is InChI=1S/C11H13N3O2S/c1-6-4-17-10-9(6)12-5-13-11(10)14-7(2)3-8(15)16/h4-5,7H,3H2,1-2H3,(H,15,16)(H,12,13,14). The zero-order chi connectivity index (χ0) is 12.4.